The molecule has 1 heterocycles. The van der Waals surface area contributed by atoms with E-state index in [9.17, 15) is 0 Å². The molecular formula is C45H31N3. The maximum Gasteiger partial charge on any atom is 0.164 e. The van der Waals surface area contributed by atoms with Crippen LogP contribution in [0, 0.1) is 0 Å². The average Bonchev–Trinajstić information content (AvgIpc) is 3.17. The lowest BCUT2D eigenvalue weighted by atomic mass is 9.87. The quantitative estimate of drug-likeness (QED) is 0.181. The lowest BCUT2D eigenvalue weighted by molar-refractivity contribution is 0.986. The van der Waals surface area contributed by atoms with Crippen molar-refractivity contribution < 1.29 is 0 Å². The van der Waals surface area contributed by atoms with Crippen molar-refractivity contribution in [1.82, 2.24) is 15.0 Å². The fraction of sp³-hybridized carbons (Fsp3) is 0.0444. The number of hydrogen-bond donors (Lipinski definition) is 0. The van der Waals surface area contributed by atoms with Crippen molar-refractivity contribution in [2.24, 2.45) is 0 Å². The van der Waals surface area contributed by atoms with Gasteiger partial charge in [-0.25, -0.2) is 15.0 Å². The van der Waals surface area contributed by atoms with Crippen LogP contribution in [0.3, 0.4) is 0 Å². The van der Waals surface area contributed by atoms with Crippen LogP contribution in [0.1, 0.15) is 17.5 Å². The van der Waals surface area contributed by atoms with Crippen molar-refractivity contribution in [3.8, 4) is 56.4 Å². The molecule has 1 aliphatic rings. The Kier molecular flexibility index (Phi) is 6.94. The predicted octanol–water partition coefficient (Wildman–Crippen LogP) is 11.5. The Labute approximate surface area is 280 Å². The minimum absolute atomic E-state index is 0.649. The van der Waals surface area contributed by atoms with Crippen molar-refractivity contribution in [3.63, 3.8) is 0 Å². The van der Waals surface area contributed by atoms with Crippen LogP contribution in [0.5, 0.6) is 0 Å². The molecule has 0 fully saturated rings. The molecule has 0 atom stereocenters. The normalized spacial score (nSPS) is 12.3. The second kappa shape index (κ2) is 11.9. The summed E-state index contributed by atoms with van der Waals surface area (Å²) in [4.78, 5) is 15.2. The summed E-state index contributed by atoms with van der Waals surface area (Å²) in [5.74, 6) is 1.96. The Morgan fingerprint density at radius 2 is 0.958 bits per heavy atom. The first-order valence-electron chi connectivity index (χ1n) is 16.5. The lowest BCUT2D eigenvalue weighted by Crippen LogP contribution is -2.01. The predicted molar refractivity (Wildman–Crippen MR) is 199 cm³/mol. The molecule has 0 spiro atoms. The molecular weight excluding hydrogens is 583 g/mol. The van der Waals surface area contributed by atoms with Gasteiger partial charge in [-0.2, -0.15) is 0 Å². The van der Waals surface area contributed by atoms with Crippen LogP contribution in [-0.2, 0) is 6.42 Å². The lowest BCUT2D eigenvalue weighted by Gasteiger charge is -2.18. The highest BCUT2D eigenvalue weighted by Gasteiger charge is 2.18. The third kappa shape index (κ3) is 5.06. The molecule has 3 heteroatoms. The van der Waals surface area contributed by atoms with Crippen molar-refractivity contribution in [3.05, 3.63) is 169 Å². The van der Waals surface area contributed by atoms with E-state index in [2.05, 4.69) is 127 Å². The van der Waals surface area contributed by atoms with E-state index in [1.54, 1.807) is 0 Å². The summed E-state index contributed by atoms with van der Waals surface area (Å²) < 4.78 is 0. The molecule has 226 valence electrons. The molecule has 0 N–H and O–H groups in total. The molecule has 3 nitrogen and oxygen atoms in total. The minimum Gasteiger partial charge on any atom is -0.208 e. The molecule has 8 aromatic rings. The summed E-state index contributed by atoms with van der Waals surface area (Å²) in [5, 5.41) is 4.94. The smallest absolute Gasteiger partial charge is 0.164 e. The Bertz CT molecular complexity index is 2440. The molecule has 1 aromatic heterocycles. The van der Waals surface area contributed by atoms with E-state index in [4.69, 9.17) is 15.0 Å². The van der Waals surface area contributed by atoms with Crippen LogP contribution >= 0.6 is 0 Å². The maximum atomic E-state index is 5.13. The molecule has 48 heavy (non-hydrogen) atoms. The SMILES string of the molecule is C1=Cc2c(cccc2-c2cc(-c3nc(-c4ccccc4)nc(-c4ccccc4)n3)cc(-c3cc4ccccc4c4ccccc34)c2)CC1. The van der Waals surface area contributed by atoms with Gasteiger partial charge in [-0.1, -0.05) is 140 Å². The second-order valence-corrected chi connectivity index (χ2v) is 12.3. The fourth-order valence-electron chi connectivity index (χ4n) is 7.02. The van der Waals surface area contributed by atoms with Crippen LogP contribution in [0.4, 0.5) is 0 Å². The van der Waals surface area contributed by atoms with Crippen molar-refractivity contribution >= 4 is 27.6 Å². The van der Waals surface area contributed by atoms with E-state index < -0.39 is 0 Å². The highest BCUT2D eigenvalue weighted by atomic mass is 15.0. The number of nitrogens with zero attached hydrogens (tertiary/aromatic N) is 3. The highest BCUT2D eigenvalue weighted by molar-refractivity contribution is 6.14. The van der Waals surface area contributed by atoms with Gasteiger partial charge in [0.05, 0.1) is 0 Å². The first-order chi connectivity index (χ1) is 23.8. The topological polar surface area (TPSA) is 38.7 Å². The summed E-state index contributed by atoms with van der Waals surface area (Å²) in [6.07, 6.45) is 6.70. The largest absolute Gasteiger partial charge is 0.208 e. The second-order valence-electron chi connectivity index (χ2n) is 12.3. The summed E-state index contributed by atoms with van der Waals surface area (Å²) >= 11 is 0. The van der Waals surface area contributed by atoms with Crippen molar-refractivity contribution in [1.29, 1.82) is 0 Å². The molecule has 0 saturated carbocycles. The first-order valence-corrected chi connectivity index (χ1v) is 16.5. The Hall–Kier alpha value is -6.19. The molecule has 0 bridgehead atoms. The van der Waals surface area contributed by atoms with Crippen molar-refractivity contribution in [2.45, 2.75) is 12.8 Å². The fourth-order valence-corrected chi connectivity index (χ4v) is 7.02. The van der Waals surface area contributed by atoms with Gasteiger partial charge < -0.3 is 0 Å². The van der Waals surface area contributed by atoms with Gasteiger partial charge in [-0.15, -0.1) is 0 Å². The number of benzene rings is 7. The third-order valence-corrected chi connectivity index (χ3v) is 9.34. The van der Waals surface area contributed by atoms with E-state index in [-0.39, 0.29) is 0 Å². The molecule has 0 radical (unpaired) electrons. The minimum atomic E-state index is 0.649. The number of rotatable bonds is 5. The van der Waals surface area contributed by atoms with Gasteiger partial charge >= 0.3 is 0 Å². The van der Waals surface area contributed by atoms with Crippen LogP contribution in [0.15, 0.2) is 158 Å². The van der Waals surface area contributed by atoms with Crippen LogP contribution < -0.4 is 0 Å². The van der Waals surface area contributed by atoms with Crippen LogP contribution in [0.2, 0.25) is 0 Å². The Balaban J connectivity index is 1.34. The van der Waals surface area contributed by atoms with Gasteiger partial charge in [0, 0.05) is 16.7 Å². The van der Waals surface area contributed by atoms with Gasteiger partial charge in [0.25, 0.3) is 0 Å². The number of hydrogen-bond acceptors (Lipinski definition) is 3. The van der Waals surface area contributed by atoms with Crippen molar-refractivity contribution in [2.75, 3.05) is 0 Å². The number of allylic oxidation sites excluding steroid dienone is 1. The highest BCUT2D eigenvalue weighted by Crippen LogP contribution is 2.40. The van der Waals surface area contributed by atoms with E-state index >= 15 is 0 Å². The molecule has 0 aliphatic heterocycles. The monoisotopic (exact) mass is 613 g/mol. The molecule has 0 saturated heterocycles. The third-order valence-electron chi connectivity index (χ3n) is 9.34. The van der Waals surface area contributed by atoms with E-state index in [1.807, 2.05) is 36.4 Å². The summed E-state index contributed by atoms with van der Waals surface area (Å²) in [5.41, 5.74) is 10.2. The van der Waals surface area contributed by atoms with Gasteiger partial charge in [-0.05, 0) is 92.0 Å². The van der Waals surface area contributed by atoms with Crippen LogP contribution in [0.25, 0.3) is 84.0 Å². The Morgan fingerprint density at radius 3 is 1.67 bits per heavy atom. The summed E-state index contributed by atoms with van der Waals surface area (Å²) in [6.45, 7) is 0. The van der Waals surface area contributed by atoms with Gasteiger partial charge in [0.15, 0.2) is 17.5 Å². The van der Waals surface area contributed by atoms with Gasteiger partial charge in [-0.3, -0.25) is 0 Å². The average molecular weight is 614 g/mol. The molecule has 0 unspecified atom stereocenters. The van der Waals surface area contributed by atoms with Crippen LogP contribution in [-0.4, -0.2) is 15.0 Å². The number of aryl methyl sites for hydroxylation is 1. The van der Waals surface area contributed by atoms with E-state index in [0.29, 0.717) is 17.5 Å². The first kappa shape index (κ1) is 28.1. The number of aromatic nitrogens is 3. The molecule has 9 rings (SSSR count). The van der Waals surface area contributed by atoms with Gasteiger partial charge in [0.1, 0.15) is 0 Å². The van der Waals surface area contributed by atoms with Gasteiger partial charge in [0.2, 0.25) is 0 Å². The summed E-state index contributed by atoms with van der Waals surface area (Å²) in [7, 11) is 0. The zero-order valence-electron chi connectivity index (χ0n) is 26.3. The maximum absolute atomic E-state index is 5.13. The van der Waals surface area contributed by atoms with E-state index in [1.165, 1.54) is 43.8 Å². The zero-order chi connectivity index (χ0) is 31.9. The van der Waals surface area contributed by atoms with E-state index in [0.717, 1.165) is 40.7 Å². The molecule has 0 amide bonds. The zero-order valence-corrected chi connectivity index (χ0v) is 26.3. The molecule has 7 aromatic carbocycles. The number of fused-ring (bicyclic) bond motifs is 4. The Morgan fingerprint density at radius 1 is 0.396 bits per heavy atom. The standard InChI is InChI=1S/C45H31N3/c1-3-15-31(16-4-1)43-46-44(32-17-5-2-6-18-32)48-45(47-43)36-27-34(39-25-13-20-30-14-7-9-21-37(30)39)26-35(28-36)42-29-33-19-8-10-22-38(33)40-23-11-12-24-41(40)42/h1-6,8-13,15-29H,7,14H2. The summed E-state index contributed by atoms with van der Waals surface area (Å²) in [6, 6.07) is 53.6. The molecule has 1 aliphatic carbocycles.